The zero-order valence-corrected chi connectivity index (χ0v) is 17.7. The lowest BCUT2D eigenvalue weighted by atomic mass is 10.1. The van der Waals surface area contributed by atoms with Gasteiger partial charge in [-0.05, 0) is 43.2 Å². The Balaban J connectivity index is 1.39. The molecule has 8 heteroatoms. The Morgan fingerprint density at radius 3 is 2.59 bits per heavy atom. The maximum Gasteiger partial charge on any atom is 0.295 e. The van der Waals surface area contributed by atoms with Crippen LogP contribution >= 0.6 is 0 Å². The van der Waals surface area contributed by atoms with Crippen LogP contribution in [-0.4, -0.2) is 43.2 Å². The Labute approximate surface area is 184 Å². The standard InChI is InChI=1S/C24H24N4O4/c1-17(29)7-8-18-9-11-22(12-10-18)32-16-21(30)15-28-24(31)23-19(13-25-28)14-27(26-23)20-5-3-2-4-6-20/h2-6,9-14,21,30H,7-8,15-16H2,1H3. The van der Waals surface area contributed by atoms with Crippen molar-refractivity contribution in [2.45, 2.75) is 32.4 Å². The van der Waals surface area contributed by atoms with Crippen LogP contribution in [0.3, 0.4) is 0 Å². The molecule has 1 N–H and O–H groups in total. The summed E-state index contributed by atoms with van der Waals surface area (Å²) in [7, 11) is 0. The molecule has 2 aromatic heterocycles. The molecule has 0 bridgehead atoms. The fourth-order valence-corrected chi connectivity index (χ4v) is 3.32. The van der Waals surface area contributed by atoms with Gasteiger partial charge in [0.2, 0.25) is 0 Å². The van der Waals surface area contributed by atoms with Crippen LogP contribution < -0.4 is 10.3 Å². The second kappa shape index (κ2) is 9.57. The molecular formula is C24H24N4O4. The molecule has 0 amide bonds. The molecule has 0 aliphatic heterocycles. The Bertz CT molecular complexity index is 1260. The quantitative estimate of drug-likeness (QED) is 0.436. The van der Waals surface area contributed by atoms with E-state index >= 15 is 0 Å². The highest BCUT2D eigenvalue weighted by Crippen LogP contribution is 2.15. The molecule has 0 spiro atoms. The fourth-order valence-electron chi connectivity index (χ4n) is 3.32. The molecule has 0 aliphatic rings. The summed E-state index contributed by atoms with van der Waals surface area (Å²) in [6.07, 6.45) is 3.59. The third kappa shape index (κ3) is 5.09. The van der Waals surface area contributed by atoms with E-state index in [4.69, 9.17) is 4.74 Å². The number of carbonyl (C=O) groups is 1. The molecule has 4 rings (SSSR count). The number of hydrogen-bond acceptors (Lipinski definition) is 6. The van der Waals surface area contributed by atoms with Gasteiger partial charge < -0.3 is 14.6 Å². The zero-order chi connectivity index (χ0) is 22.5. The molecule has 2 aromatic carbocycles. The molecule has 1 unspecified atom stereocenters. The number of aromatic nitrogens is 4. The lowest BCUT2D eigenvalue weighted by Gasteiger charge is -2.13. The van der Waals surface area contributed by atoms with Gasteiger partial charge in [0.05, 0.1) is 18.4 Å². The molecule has 0 radical (unpaired) electrons. The number of aryl methyl sites for hydroxylation is 1. The van der Waals surface area contributed by atoms with Crippen molar-refractivity contribution >= 4 is 16.7 Å². The van der Waals surface area contributed by atoms with Crippen LogP contribution in [0.4, 0.5) is 0 Å². The summed E-state index contributed by atoms with van der Waals surface area (Å²) in [6, 6.07) is 16.9. The first-order valence-corrected chi connectivity index (χ1v) is 10.4. The van der Waals surface area contributed by atoms with E-state index in [0.29, 0.717) is 24.0 Å². The van der Waals surface area contributed by atoms with E-state index in [2.05, 4.69) is 10.2 Å². The molecule has 2 heterocycles. The molecule has 4 aromatic rings. The number of aliphatic hydroxyl groups is 1. The minimum atomic E-state index is -0.925. The average Bonchev–Trinajstić information content (AvgIpc) is 3.25. The van der Waals surface area contributed by atoms with Crippen LogP contribution in [0.1, 0.15) is 18.9 Å². The minimum Gasteiger partial charge on any atom is -0.491 e. The monoisotopic (exact) mass is 432 g/mol. The molecule has 0 fully saturated rings. The highest BCUT2D eigenvalue weighted by Gasteiger charge is 2.13. The third-order valence-electron chi connectivity index (χ3n) is 5.05. The van der Waals surface area contributed by atoms with E-state index in [9.17, 15) is 14.7 Å². The van der Waals surface area contributed by atoms with Gasteiger partial charge in [0.25, 0.3) is 5.56 Å². The minimum absolute atomic E-state index is 0.0103. The van der Waals surface area contributed by atoms with Crippen molar-refractivity contribution in [2.75, 3.05) is 6.61 Å². The second-order valence-electron chi connectivity index (χ2n) is 7.66. The van der Waals surface area contributed by atoms with Gasteiger partial charge in [-0.2, -0.15) is 10.2 Å². The zero-order valence-electron chi connectivity index (χ0n) is 17.7. The van der Waals surface area contributed by atoms with Gasteiger partial charge in [0.1, 0.15) is 24.2 Å². The van der Waals surface area contributed by atoms with Crippen LogP contribution in [0.2, 0.25) is 0 Å². The summed E-state index contributed by atoms with van der Waals surface area (Å²) in [5.74, 6) is 0.760. The largest absolute Gasteiger partial charge is 0.491 e. The number of aliphatic hydroxyl groups excluding tert-OH is 1. The summed E-state index contributed by atoms with van der Waals surface area (Å²) < 4.78 is 8.46. The molecule has 0 saturated heterocycles. The normalized spacial score (nSPS) is 12.1. The van der Waals surface area contributed by atoms with E-state index in [1.165, 1.54) is 4.68 Å². The first-order valence-electron chi connectivity index (χ1n) is 10.4. The van der Waals surface area contributed by atoms with Crippen LogP contribution in [0.25, 0.3) is 16.6 Å². The number of rotatable bonds is 9. The summed E-state index contributed by atoms with van der Waals surface area (Å²) in [5, 5.41) is 19.5. The number of ketones is 1. The van der Waals surface area contributed by atoms with Gasteiger partial charge in [-0.15, -0.1) is 0 Å². The van der Waals surface area contributed by atoms with Crippen molar-refractivity contribution < 1.29 is 14.6 Å². The van der Waals surface area contributed by atoms with Crippen LogP contribution in [0.15, 0.2) is 71.8 Å². The van der Waals surface area contributed by atoms with E-state index < -0.39 is 6.10 Å². The maximum absolute atomic E-state index is 12.8. The second-order valence-corrected chi connectivity index (χ2v) is 7.66. The van der Waals surface area contributed by atoms with Gasteiger partial charge in [-0.25, -0.2) is 9.36 Å². The average molecular weight is 432 g/mol. The number of para-hydroxylation sites is 1. The van der Waals surface area contributed by atoms with Gasteiger partial charge in [0, 0.05) is 18.0 Å². The highest BCUT2D eigenvalue weighted by atomic mass is 16.5. The number of nitrogens with zero attached hydrogens (tertiary/aromatic N) is 4. The van der Waals surface area contributed by atoms with E-state index in [-0.39, 0.29) is 30.0 Å². The van der Waals surface area contributed by atoms with E-state index in [1.807, 2.05) is 42.5 Å². The Kier molecular flexibility index (Phi) is 6.42. The van der Waals surface area contributed by atoms with Gasteiger partial charge in [0.15, 0.2) is 5.52 Å². The molecule has 0 saturated carbocycles. The van der Waals surface area contributed by atoms with E-state index in [0.717, 1.165) is 11.3 Å². The number of Topliss-reactive ketones (excluding diaryl/α,β-unsaturated/α-hetero) is 1. The number of benzene rings is 2. The molecule has 164 valence electrons. The predicted molar refractivity (Wildman–Crippen MR) is 120 cm³/mol. The van der Waals surface area contributed by atoms with Crippen molar-refractivity contribution in [2.24, 2.45) is 0 Å². The van der Waals surface area contributed by atoms with Crippen LogP contribution in [-0.2, 0) is 17.8 Å². The Morgan fingerprint density at radius 2 is 1.88 bits per heavy atom. The van der Waals surface area contributed by atoms with Crippen molar-refractivity contribution in [1.29, 1.82) is 0 Å². The van der Waals surface area contributed by atoms with Gasteiger partial charge in [-0.3, -0.25) is 4.79 Å². The Hall–Kier alpha value is -3.78. The first kappa shape index (κ1) is 21.5. The first-order chi connectivity index (χ1) is 15.5. The molecule has 1 atom stereocenters. The number of fused-ring (bicyclic) bond motifs is 1. The number of ether oxygens (including phenoxy) is 1. The maximum atomic E-state index is 12.8. The van der Waals surface area contributed by atoms with Gasteiger partial charge in [-0.1, -0.05) is 30.3 Å². The SMILES string of the molecule is CC(=O)CCc1ccc(OCC(O)Cn2ncc3cn(-c4ccccc4)nc3c2=O)cc1. The highest BCUT2D eigenvalue weighted by molar-refractivity contribution is 5.76. The smallest absolute Gasteiger partial charge is 0.295 e. The van der Waals surface area contributed by atoms with Crippen LogP contribution in [0, 0.1) is 0 Å². The lowest BCUT2D eigenvalue weighted by Crippen LogP contribution is -2.31. The predicted octanol–water partition coefficient (Wildman–Crippen LogP) is 2.54. The molecular weight excluding hydrogens is 408 g/mol. The summed E-state index contributed by atoms with van der Waals surface area (Å²) in [6.45, 7) is 1.58. The van der Waals surface area contributed by atoms with Crippen molar-refractivity contribution in [3.8, 4) is 11.4 Å². The molecule has 8 nitrogen and oxygen atoms in total. The summed E-state index contributed by atoms with van der Waals surface area (Å²) in [5.41, 5.74) is 1.81. The van der Waals surface area contributed by atoms with Crippen LogP contribution in [0.5, 0.6) is 5.75 Å². The van der Waals surface area contributed by atoms with Gasteiger partial charge >= 0.3 is 0 Å². The summed E-state index contributed by atoms with van der Waals surface area (Å²) in [4.78, 5) is 23.9. The topological polar surface area (TPSA) is 99.2 Å². The molecule has 0 aliphatic carbocycles. The number of hydrogen-bond donors (Lipinski definition) is 1. The Morgan fingerprint density at radius 1 is 1.12 bits per heavy atom. The third-order valence-corrected chi connectivity index (χ3v) is 5.05. The fraction of sp³-hybridized carbons (Fsp3) is 0.250. The molecule has 32 heavy (non-hydrogen) atoms. The van der Waals surface area contributed by atoms with Crippen molar-refractivity contribution in [1.82, 2.24) is 19.6 Å². The lowest BCUT2D eigenvalue weighted by molar-refractivity contribution is -0.116. The van der Waals surface area contributed by atoms with Crippen molar-refractivity contribution in [3.63, 3.8) is 0 Å². The van der Waals surface area contributed by atoms with Crippen molar-refractivity contribution in [3.05, 3.63) is 82.9 Å². The number of carbonyl (C=O) groups excluding carboxylic acids is 1. The summed E-state index contributed by atoms with van der Waals surface area (Å²) >= 11 is 0. The van der Waals surface area contributed by atoms with E-state index in [1.54, 1.807) is 36.1 Å².